The van der Waals surface area contributed by atoms with E-state index in [9.17, 15) is 13.2 Å². The smallest absolute Gasteiger partial charge is 0.308 e. The molecular weight excluding hydrogens is 342 g/mol. The lowest BCUT2D eigenvalue weighted by Gasteiger charge is -2.12. The van der Waals surface area contributed by atoms with Gasteiger partial charge >= 0.3 is 5.97 Å². The van der Waals surface area contributed by atoms with Crippen LogP contribution in [0.2, 0.25) is 0 Å². The van der Waals surface area contributed by atoms with E-state index in [-0.39, 0.29) is 23.9 Å². The third-order valence-corrected chi connectivity index (χ3v) is 5.17. The summed E-state index contributed by atoms with van der Waals surface area (Å²) in [4.78, 5) is 11.2. The standard InChI is InChI=1S/C18H21NO5S/c1-13-5-4-6-17(14(13)2)19-25(21,22)16-9-7-15(8-10-16)24-12-11-18(20)23-3/h4-10,19H,11-12H2,1-3H3. The number of rotatable bonds is 7. The molecule has 2 aromatic carbocycles. The SMILES string of the molecule is COC(=O)CCOc1ccc(S(=O)(=O)Nc2cccc(C)c2C)cc1. The van der Waals surface area contributed by atoms with Crippen molar-refractivity contribution >= 4 is 21.7 Å². The van der Waals surface area contributed by atoms with E-state index in [1.165, 1.54) is 19.2 Å². The highest BCUT2D eigenvalue weighted by Crippen LogP contribution is 2.23. The summed E-state index contributed by atoms with van der Waals surface area (Å²) in [6.07, 6.45) is 0.130. The molecule has 0 aliphatic carbocycles. The van der Waals surface area contributed by atoms with Crippen molar-refractivity contribution in [1.82, 2.24) is 0 Å². The molecule has 6 nitrogen and oxygen atoms in total. The number of carbonyl (C=O) groups is 1. The van der Waals surface area contributed by atoms with Gasteiger partial charge in [-0.15, -0.1) is 0 Å². The molecule has 0 unspecified atom stereocenters. The minimum absolute atomic E-state index is 0.130. The van der Waals surface area contributed by atoms with Crippen molar-refractivity contribution in [2.45, 2.75) is 25.2 Å². The van der Waals surface area contributed by atoms with Gasteiger partial charge in [-0.05, 0) is 55.3 Å². The predicted molar refractivity (Wildman–Crippen MR) is 95.3 cm³/mol. The number of ether oxygens (including phenoxy) is 2. The lowest BCUT2D eigenvalue weighted by molar-refractivity contribution is -0.141. The van der Waals surface area contributed by atoms with Crippen LogP contribution >= 0.6 is 0 Å². The number of benzene rings is 2. The van der Waals surface area contributed by atoms with Crippen LogP contribution in [-0.2, 0) is 19.6 Å². The lowest BCUT2D eigenvalue weighted by Crippen LogP contribution is -2.14. The van der Waals surface area contributed by atoms with Crippen LogP contribution in [0, 0.1) is 13.8 Å². The summed E-state index contributed by atoms with van der Waals surface area (Å²) >= 11 is 0. The van der Waals surface area contributed by atoms with E-state index in [1.54, 1.807) is 24.3 Å². The molecule has 2 rings (SSSR count). The number of hydrogen-bond donors (Lipinski definition) is 1. The van der Waals surface area contributed by atoms with Gasteiger partial charge < -0.3 is 9.47 Å². The Morgan fingerprint density at radius 3 is 2.40 bits per heavy atom. The van der Waals surface area contributed by atoms with E-state index in [2.05, 4.69) is 9.46 Å². The Bertz CT molecular complexity index is 844. The molecule has 25 heavy (non-hydrogen) atoms. The fraction of sp³-hybridized carbons (Fsp3) is 0.278. The van der Waals surface area contributed by atoms with E-state index >= 15 is 0 Å². The zero-order valence-corrected chi connectivity index (χ0v) is 15.2. The maximum absolute atomic E-state index is 12.5. The molecule has 0 saturated heterocycles. The monoisotopic (exact) mass is 363 g/mol. The van der Waals surface area contributed by atoms with E-state index in [1.807, 2.05) is 19.9 Å². The summed E-state index contributed by atoms with van der Waals surface area (Å²) in [6.45, 7) is 3.96. The molecule has 1 N–H and O–H groups in total. The summed E-state index contributed by atoms with van der Waals surface area (Å²) in [7, 11) is -2.38. The second kappa shape index (κ2) is 8.02. The minimum atomic E-state index is -3.69. The average molecular weight is 363 g/mol. The molecule has 0 spiro atoms. The van der Waals surface area contributed by atoms with E-state index in [0.29, 0.717) is 11.4 Å². The van der Waals surface area contributed by atoms with Crippen molar-refractivity contribution in [3.8, 4) is 5.75 Å². The molecule has 0 amide bonds. The lowest BCUT2D eigenvalue weighted by atomic mass is 10.1. The third-order valence-electron chi connectivity index (χ3n) is 3.79. The number of nitrogens with one attached hydrogen (secondary N) is 1. The van der Waals surface area contributed by atoms with Gasteiger partial charge in [0.15, 0.2) is 0 Å². The Morgan fingerprint density at radius 1 is 1.08 bits per heavy atom. The maximum atomic E-state index is 12.5. The van der Waals surface area contributed by atoms with Crippen molar-refractivity contribution in [1.29, 1.82) is 0 Å². The van der Waals surface area contributed by atoms with Gasteiger partial charge in [-0.3, -0.25) is 9.52 Å². The minimum Gasteiger partial charge on any atom is -0.493 e. The van der Waals surface area contributed by atoms with E-state index < -0.39 is 10.0 Å². The summed E-state index contributed by atoms with van der Waals surface area (Å²) in [5, 5.41) is 0. The van der Waals surface area contributed by atoms with E-state index in [0.717, 1.165) is 11.1 Å². The summed E-state index contributed by atoms with van der Waals surface area (Å²) in [6, 6.07) is 11.5. The van der Waals surface area contributed by atoms with Crippen molar-refractivity contribution in [2.75, 3.05) is 18.4 Å². The van der Waals surface area contributed by atoms with Crippen LogP contribution in [0.3, 0.4) is 0 Å². The van der Waals surface area contributed by atoms with Gasteiger partial charge in [0.05, 0.1) is 30.7 Å². The highest BCUT2D eigenvalue weighted by atomic mass is 32.2. The van der Waals surface area contributed by atoms with Crippen LogP contribution in [0.5, 0.6) is 5.75 Å². The van der Waals surface area contributed by atoms with Crippen LogP contribution in [0.1, 0.15) is 17.5 Å². The Hall–Kier alpha value is -2.54. The second-order valence-corrected chi connectivity index (χ2v) is 7.18. The molecule has 0 aromatic heterocycles. The molecule has 0 bridgehead atoms. The van der Waals surface area contributed by atoms with Gasteiger partial charge in [-0.2, -0.15) is 0 Å². The van der Waals surface area contributed by atoms with Gasteiger partial charge in [0.1, 0.15) is 5.75 Å². The van der Waals surface area contributed by atoms with Gasteiger partial charge in [0.25, 0.3) is 10.0 Å². The van der Waals surface area contributed by atoms with Crippen LogP contribution < -0.4 is 9.46 Å². The van der Waals surface area contributed by atoms with Gasteiger partial charge in [0, 0.05) is 0 Å². The zero-order valence-electron chi connectivity index (χ0n) is 14.4. The number of aryl methyl sites for hydroxylation is 1. The molecule has 134 valence electrons. The molecule has 0 saturated carbocycles. The van der Waals surface area contributed by atoms with Crippen molar-refractivity contribution < 1.29 is 22.7 Å². The number of sulfonamides is 1. The van der Waals surface area contributed by atoms with Crippen LogP contribution in [0.25, 0.3) is 0 Å². The van der Waals surface area contributed by atoms with Crippen LogP contribution in [0.15, 0.2) is 47.4 Å². The number of carbonyl (C=O) groups excluding carboxylic acids is 1. The summed E-state index contributed by atoms with van der Waals surface area (Å²) < 4.78 is 37.5. The van der Waals surface area contributed by atoms with Crippen molar-refractivity contribution in [2.24, 2.45) is 0 Å². The molecule has 0 radical (unpaired) electrons. The normalized spacial score (nSPS) is 11.0. The summed E-state index contributed by atoms with van der Waals surface area (Å²) in [5.41, 5.74) is 2.45. The Kier molecular flexibility index (Phi) is 6.03. The Morgan fingerprint density at radius 2 is 1.76 bits per heavy atom. The molecular formula is C18H21NO5S. The fourth-order valence-electron chi connectivity index (χ4n) is 2.13. The molecule has 0 atom stereocenters. The Balaban J connectivity index is 2.07. The average Bonchev–Trinajstić information content (AvgIpc) is 2.59. The second-order valence-electron chi connectivity index (χ2n) is 5.50. The van der Waals surface area contributed by atoms with Gasteiger partial charge in [0.2, 0.25) is 0 Å². The molecule has 0 aliphatic heterocycles. The first-order chi connectivity index (χ1) is 11.8. The molecule has 2 aromatic rings. The number of anilines is 1. The van der Waals surface area contributed by atoms with E-state index in [4.69, 9.17) is 4.74 Å². The molecule has 0 heterocycles. The van der Waals surface area contributed by atoms with Crippen molar-refractivity contribution in [3.05, 3.63) is 53.6 Å². The molecule has 0 aliphatic rings. The third kappa shape index (κ3) is 4.96. The molecule has 7 heteroatoms. The predicted octanol–water partition coefficient (Wildman–Crippen LogP) is 3.05. The fourth-order valence-corrected chi connectivity index (χ4v) is 3.26. The summed E-state index contributed by atoms with van der Waals surface area (Å²) in [5.74, 6) is 0.117. The van der Waals surface area contributed by atoms with Crippen LogP contribution in [-0.4, -0.2) is 28.1 Å². The first-order valence-corrected chi connectivity index (χ1v) is 9.20. The number of hydrogen-bond acceptors (Lipinski definition) is 5. The number of esters is 1. The zero-order chi connectivity index (χ0) is 18.4. The van der Waals surface area contributed by atoms with Gasteiger partial charge in [-0.25, -0.2) is 8.42 Å². The Labute approximate surface area is 147 Å². The number of methoxy groups -OCH3 is 1. The largest absolute Gasteiger partial charge is 0.493 e. The maximum Gasteiger partial charge on any atom is 0.308 e. The topological polar surface area (TPSA) is 81.7 Å². The quantitative estimate of drug-likeness (QED) is 0.765. The van der Waals surface area contributed by atoms with Crippen molar-refractivity contribution in [3.63, 3.8) is 0 Å². The van der Waals surface area contributed by atoms with Gasteiger partial charge in [-0.1, -0.05) is 12.1 Å². The highest BCUT2D eigenvalue weighted by molar-refractivity contribution is 7.92. The first-order valence-electron chi connectivity index (χ1n) is 7.72. The first kappa shape index (κ1) is 18.8. The molecule has 0 fully saturated rings. The highest BCUT2D eigenvalue weighted by Gasteiger charge is 2.15. The van der Waals surface area contributed by atoms with Crippen LogP contribution in [0.4, 0.5) is 5.69 Å².